The van der Waals surface area contributed by atoms with E-state index in [1.54, 1.807) is 24.3 Å². The minimum Gasteiger partial charge on any atom is -0.358 e. The number of rotatable bonds is 3. The van der Waals surface area contributed by atoms with Gasteiger partial charge in [0.05, 0.1) is 11.4 Å². The van der Waals surface area contributed by atoms with Crippen LogP contribution in [-0.2, 0) is 11.3 Å². The normalized spacial score (nSPS) is 18.4. The van der Waals surface area contributed by atoms with Crippen molar-refractivity contribution in [2.75, 3.05) is 16.8 Å². The highest BCUT2D eigenvalue weighted by atomic mass is 19.1. The quantitative estimate of drug-likeness (QED) is 0.904. The van der Waals surface area contributed by atoms with E-state index in [0.29, 0.717) is 17.8 Å². The van der Waals surface area contributed by atoms with Crippen LogP contribution < -0.4 is 15.5 Å². The molecule has 1 saturated heterocycles. The summed E-state index contributed by atoms with van der Waals surface area (Å²) in [5, 5.41) is 5.72. The predicted molar refractivity (Wildman–Crippen MR) is 93.0 cm³/mol. The van der Waals surface area contributed by atoms with Crippen LogP contribution in [0.5, 0.6) is 0 Å². The zero-order valence-electron chi connectivity index (χ0n) is 13.6. The minimum absolute atomic E-state index is 0.00568. The molecule has 0 saturated carbocycles. The van der Waals surface area contributed by atoms with Gasteiger partial charge < -0.3 is 15.5 Å². The largest absolute Gasteiger partial charge is 0.358 e. The Morgan fingerprint density at radius 1 is 1.24 bits per heavy atom. The molecular formula is C19H18FN3O2. The smallest absolute Gasteiger partial charge is 0.251 e. The Labute approximate surface area is 144 Å². The first-order valence-electron chi connectivity index (χ1n) is 8.36. The second-order valence-corrected chi connectivity index (χ2v) is 6.38. The van der Waals surface area contributed by atoms with Crippen molar-refractivity contribution in [3.05, 3.63) is 59.4 Å². The fourth-order valence-electron chi connectivity index (χ4n) is 3.46. The molecule has 2 aliphatic rings. The van der Waals surface area contributed by atoms with Crippen LogP contribution >= 0.6 is 0 Å². The number of anilines is 2. The van der Waals surface area contributed by atoms with Gasteiger partial charge in [-0.05, 0) is 48.7 Å². The van der Waals surface area contributed by atoms with E-state index < -0.39 is 0 Å². The Morgan fingerprint density at radius 2 is 2.04 bits per heavy atom. The van der Waals surface area contributed by atoms with Crippen LogP contribution in [0.3, 0.4) is 0 Å². The monoisotopic (exact) mass is 339 g/mol. The first-order valence-corrected chi connectivity index (χ1v) is 8.36. The Bertz CT molecular complexity index is 835. The summed E-state index contributed by atoms with van der Waals surface area (Å²) >= 11 is 0. The van der Waals surface area contributed by atoms with E-state index >= 15 is 0 Å². The molecule has 2 aliphatic heterocycles. The van der Waals surface area contributed by atoms with Gasteiger partial charge in [-0.15, -0.1) is 0 Å². The molecule has 2 aromatic carbocycles. The van der Waals surface area contributed by atoms with Crippen molar-refractivity contribution in [1.29, 1.82) is 0 Å². The molecule has 2 aromatic rings. The zero-order valence-corrected chi connectivity index (χ0v) is 13.6. The Morgan fingerprint density at radius 3 is 2.84 bits per heavy atom. The average molecular weight is 339 g/mol. The maximum atomic E-state index is 12.9. The zero-order chi connectivity index (χ0) is 17.4. The van der Waals surface area contributed by atoms with Crippen LogP contribution in [0.1, 0.15) is 28.8 Å². The number of hydrogen-bond acceptors (Lipinski definition) is 3. The van der Waals surface area contributed by atoms with E-state index in [1.807, 2.05) is 6.07 Å². The van der Waals surface area contributed by atoms with E-state index in [2.05, 4.69) is 15.5 Å². The van der Waals surface area contributed by atoms with Crippen LogP contribution in [0, 0.1) is 5.82 Å². The molecule has 2 amide bonds. The predicted octanol–water partition coefficient (Wildman–Crippen LogP) is 2.68. The third kappa shape index (κ3) is 2.95. The number of carbonyl (C=O) groups is 2. The van der Waals surface area contributed by atoms with Gasteiger partial charge in [0.25, 0.3) is 5.91 Å². The van der Waals surface area contributed by atoms with Gasteiger partial charge in [0, 0.05) is 18.7 Å². The molecule has 0 radical (unpaired) electrons. The molecule has 2 heterocycles. The fraction of sp³-hybridized carbons (Fsp3) is 0.263. The average Bonchev–Trinajstić information content (AvgIpc) is 3.11. The van der Waals surface area contributed by atoms with Crippen molar-refractivity contribution in [2.45, 2.75) is 25.4 Å². The van der Waals surface area contributed by atoms with Crippen molar-refractivity contribution in [1.82, 2.24) is 5.32 Å². The summed E-state index contributed by atoms with van der Waals surface area (Å²) in [6, 6.07) is 11.3. The lowest BCUT2D eigenvalue weighted by Crippen LogP contribution is -2.44. The van der Waals surface area contributed by atoms with Crippen molar-refractivity contribution < 1.29 is 14.0 Å². The molecule has 1 unspecified atom stereocenters. The number of benzene rings is 2. The fourth-order valence-corrected chi connectivity index (χ4v) is 3.46. The number of amides is 2. The Hall–Kier alpha value is -2.89. The van der Waals surface area contributed by atoms with Gasteiger partial charge in [0.2, 0.25) is 5.91 Å². The molecule has 4 rings (SSSR count). The van der Waals surface area contributed by atoms with Crippen molar-refractivity contribution in [3.8, 4) is 0 Å². The molecule has 0 aliphatic carbocycles. The first kappa shape index (κ1) is 15.6. The number of nitrogens with zero attached hydrogens (tertiary/aromatic N) is 1. The molecule has 1 atom stereocenters. The molecule has 6 heteroatoms. The van der Waals surface area contributed by atoms with Crippen molar-refractivity contribution in [3.63, 3.8) is 0 Å². The molecule has 1 fully saturated rings. The summed E-state index contributed by atoms with van der Waals surface area (Å²) in [4.78, 5) is 26.6. The highest BCUT2D eigenvalue weighted by Gasteiger charge is 2.36. The van der Waals surface area contributed by atoms with E-state index in [-0.39, 0.29) is 23.7 Å². The summed E-state index contributed by atoms with van der Waals surface area (Å²) in [6.45, 7) is 1.18. The molecule has 0 spiro atoms. The lowest BCUT2D eigenvalue weighted by atomic mass is 10.1. The number of fused-ring (bicyclic) bond motifs is 3. The lowest BCUT2D eigenvalue weighted by Gasteiger charge is -2.33. The van der Waals surface area contributed by atoms with Gasteiger partial charge in [-0.25, -0.2) is 4.39 Å². The second kappa shape index (κ2) is 6.20. The standard InChI is InChI=1S/C19H18FN3O2/c20-14-6-3-12(4-7-14)11-21-18(24)13-5-8-16-15(10-13)22-19(25)17-2-1-9-23(16)17/h3-8,10,17H,1-2,9,11H2,(H,21,24)(H,22,25). The topological polar surface area (TPSA) is 61.4 Å². The van der Waals surface area contributed by atoms with E-state index in [0.717, 1.165) is 30.6 Å². The number of hydrogen-bond donors (Lipinski definition) is 2. The second-order valence-electron chi connectivity index (χ2n) is 6.38. The highest BCUT2D eigenvalue weighted by Crippen LogP contribution is 2.37. The summed E-state index contributed by atoms with van der Waals surface area (Å²) in [5.41, 5.74) is 2.95. The van der Waals surface area contributed by atoms with Gasteiger partial charge >= 0.3 is 0 Å². The molecule has 5 nitrogen and oxygen atoms in total. The number of nitrogens with one attached hydrogen (secondary N) is 2. The summed E-state index contributed by atoms with van der Waals surface area (Å²) in [7, 11) is 0. The van der Waals surface area contributed by atoms with Gasteiger partial charge in [-0.3, -0.25) is 9.59 Å². The Kier molecular flexibility index (Phi) is 3.87. The van der Waals surface area contributed by atoms with E-state index in [4.69, 9.17) is 0 Å². The van der Waals surface area contributed by atoms with E-state index in [1.165, 1.54) is 12.1 Å². The molecule has 0 bridgehead atoms. The summed E-state index contributed by atoms with van der Waals surface area (Å²) < 4.78 is 12.9. The van der Waals surface area contributed by atoms with E-state index in [9.17, 15) is 14.0 Å². The first-order chi connectivity index (χ1) is 12.1. The van der Waals surface area contributed by atoms with Crippen LogP contribution in [0.2, 0.25) is 0 Å². The summed E-state index contributed by atoms with van der Waals surface area (Å²) in [6.07, 6.45) is 1.86. The minimum atomic E-state index is -0.305. The number of carbonyl (C=O) groups excluding carboxylic acids is 2. The Balaban J connectivity index is 1.49. The van der Waals surface area contributed by atoms with Crippen LogP contribution in [0.25, 0.3) is 0 Å². The molecule has 0 aromatic heterocycles. The maximum Gasteiger partial charge on any atom is 0.251 e. The van der Waals surface area contributed by atoms with Crippen LogP contribution in [0.15, 0.2) is 42.5 Å². The van der Waals surface area contributed by atoms with Gasteiger partial charge in [0.15, 0.2) is 0 Å². The van der Waals surface area contributed by atoms with Gasteiger partial charge in [0.1, 0.15) is 11.9 Å². The van der Waals surface area contributed by atoms with Gasteiger partial charge in [-0.1, -0.05) is 12.1 Å². The maximum absolute atomic E-state index is 12.9. The molecule has 25 heavy (non-hydrogen) atoms. The SMILES string of the molecule is O=C(NCc1ccc(F)cc1)c1ccc2c(c1)NC(=O)C1CCCN21. The van der Waals surface area contributed by atoms with Gasteiger partial charge in [-0.2, -0.15) is 0 Å². The molecule has 2 N–H and O–H groups in total. The van der Waals surface area contributed by atoms with Crippen molar-refractivity contribution >= 4 is 23.2 Å². The molecular weight excluding hydrogens is 321 g/mol. The third-order valence-electron chi connectivity index (χ3n) is 4.75. The third-order valence-corrected chi connectivity index (χ3v) is 4.75. The van der Waals surface area contributed by atoms with Crippen molar-refractivity contribution in [2.24, 2.45) is 0 Å². The highest BCUT2D eigenvalue weighted by molar-refractivity contribution is 6.06. The molecule has 128 valence electrons. The summed E-state index contributed by atoms with van der Waals surface area (Å²) in [5.74, 6) is -0.542. The van der Waals surface area contributed by atoms with Crippen LogP contribution in [-0.4, -0.2) is 24.4 Å². The van der Waals surface area contributed by atoms with Crippen LogP contribution in [0.4, 0.5) is 15.8 Å². The lowest BCUT2D eigenvalue weighted by molar-refractivity contribution is -0.117. The number of halogens is 1.